The third-order valence-electron chi connectivity index (χ3n) is 2.35. The van der Waals surface area contributed by atoms with Crippen molar-refractivity contribution in [1.82, 2.24) is 5.32 Å². The molecule has 1 rings (SSSR count). The van der Waals surface area contributed by atoms with Crippen molar-refractivity contribution >= 4 is 27.8 Å². The van der Waals surface area contributed by atoms with Crippen LogP contribution in [0.3, 0.4) is 0 Å². The number of halogens is 1. The van der Waals surface area contributed by atoms with Crippen molar-refractivity contribution in [3.8, 4) is 12.3 Å². The maximum absolute atomic E-state index is 11.8. The van der Waals surface area contributed by atoms with Crippen molar-refractivity contribution in [2.75, 3.05) is 0 Å². The minimum absolute atomic E-state index is 0.0451. The number of hydrogen-bond donors (Lipinski definition) is 2. The Balaban J connectivity index is 2.84. The molecule has 0 bridgehead atoms. The molecule has 1 aromatic carbocycles. The van der Waals surface area contributed by atoms with Crippen LogP contribution in [0.25, 0.3) is 0 Å². The molecular weight excluding hydrogens is 298 g/mol. The Morgan fingerprint density at radius 1 is 1.56 bits per heavy atom. The Morgan fingerprint density at radius 2 is 2.22 bits per heavy atom. The highest BCUT2D eigenvalue weighted by Crippen LogP contribution is 2.17. The highest BCUT2D eigenvalue weighted by Gasteiger charge is 2.19. The molecule has 0 aromatic heterocycles. The highest BCUT2D eigenvalue weighted by molar-refractivity contribution is 9.10. The number of benzene rings is 1. The summed E-state index contributed by atoms with van der Waals surface area (Å²) in [5.74, 6) is 0.629. The lowest BCUT2D eigenvalue weighted by molar-refractivity contribution is -0.139. The fraction of sp³-hybridized carbons (Fsp3) is 0.231. The zero-order valence-electron chi connectivity index (χ0n) is 9.74. The number of rotatable bonds is 4. The van der Waals surface area contributed by atoms with Crippen molar-refractivity contribution < 1.29 is 14.7 Å². The molecule has 0 saturated carbocycles. The molecule has 0 spiro atoms. The van der Waals surface area contributed by atoms with Gasteiger partial charge in [0.25, 0.3) is 5.91 Å². The van der Waals surface area contributed by atoms with Gasteiger partial charge in [-0.15, -0.1) is 12.3 Å². The van der Waals surface area contributed by atoms with Crippen molar-refractivity contribution in [2.24, 2.45) is 0 Å². The molecule has 18 heavy (non-hydrogen) atoms. The first-order valence-electron chi connectivity index (χ1n) is 5.19. The van der Waals surface area contributed by atoms with Crippen LogP contribution in [0.4, 0.5) is 0 Å². The molecular formula is C13H12BrNO3. The van der Waals surface area contributed by atoms with Gasteiger partial charge in [-0.3, -0.25) is 4.79 Å². The number of hydrogen-bond acceptors (Lipinski definition) is 2. The van der Waals surface area contributed by atoms with E-state index in [1.165, 1.54) is 0 Å². The molecule has 2 N–H and O–H groups in total. The molecule has 0 radical (unpaired) electrons. The van der Waals surface area contributed by atoms with Crippen molar-refractivity contribution in [1.29, 1.82) is 0 Å². The van der Waals surface area contributed by atoms with Crippen LogP contribution in [-0.4, -0.2) is 23.0 Å². The third kappa shape index (κ3) is 3.60. The molecule has 5 heteroatoms. The minimum atomic E-state index is -1.14. The van der Waals surface area contributed by atoms with Gasteiger partial charge in [-0.1, -0.05) is 15.9 Å². The van der Waals surface area contributed by atoms with E-state index in [0.29, 0.717) is 5.56 Å². The molecule has 0 fully saturated rings. The predicted molar refractivity (Wildman–Crippen MR) is 71.2 cm³/mol. The molecule has 0 saturated heterocycles. The summed E-state index contributed by atoms with van der Waals surface area (Å²) >= 11 is 3.33. The summed E-state index contributed by atoms with van der Waals surface area (Å²) in [6.45, 7) is 1.84. The fourth-order valence-electron chi connectivity index (χ4n) is 1.35. The van der Waals surface area contributed by atoms with Crippen molar-refractivity contribution in [3.05, 3.63) is 33.8 Å². The van der Waals surface area contributed by atoms with Crippen LogP contribution >= 0.6 is 15.9 Å². The lowest BCUT2D eigenvalue weighted by Crippen LogP contribution is -2.40. The third-order valence-corrected chi connectivity index (χ3v) is 3.24. The van der Waals surface area contributed by atoms with Crippen LogP contribution in [0.15, 0.2) is 22.7 Å². The Hall–Kier alpha value is -1.80. The summed E-state index contributed by atoms with van der Waals surface area (Å²) in [5.41, 5.74) is 1.30. The van der Waals surface area contributed by atoms with E-state index in [2.05, 4.69) is 27.2 Å². The van der Waals surface area contributed by atoms with Crippen molar-refractivity contribution in [3.63, 3.8) is 0 Å². The lowest BCUT2D eigenvalue weighted by atomic mass is 10.1. The molecule has 1 unspecified atom stereocenters. The Kier molecular flexibility index (Phi) is 4.93. The second-order valence-electron chi connectivity index (χ2n) is 3.74. The van der Waals surface area contributed by atoms with Gasteiger partial charge in [0.2, 0.25) is 0 Å². The summed E-state index contributed by atoms with van der Waals surface area (Å²) in [4.78, 5) is 22.7. The van der Waals surface area contributed by atoms with Crippen LogP contribution in [-0.2, 0) is 4.79 Å². The fourth-order valence-corrected chi connectivity index (χ4v) is 1.59. The Labute approximate surface area is 114 Å². The van der Waals surface area contributed by atoms with Crippen LogP contribution < -0.4 is 5.32 Å². The van der Waals surface area contributed by atoms with E-state index in [0.717, 1.165) is 10.0 Å². The van der Waals surface area contributed by atoms with Gasteiger partial charge in [-0.05, 0) is 30.7 Å². The maximum Gasteiger partial charge on any atom is 0.327 e. The largest absolute Gasteiger partial charge is 0.480 e. The molecule has 4 nitrogen and oxygen atoms in total. The second kappa shape index (κ2) is 6.22. The summed E-state index contributed by atoms with van der Waals surface area (Å²) in [6.07, 6.45) is 5.01. The van der Waals surface area contributed by atoms with Crippen LogP contribution in [0.2, 0.25) is 0 Å². The van der Waals surface area contributed by atoms with Gasteiger partial charge in [0.15, 0.2) is 0 Å². The summed E-state index contributed by atoms with van der Waals surface area (Å²) < 4.78 is 0.887. The number of carbonyl (C=O) groups is 2. The summed E-state index contributed by atoms with van der Waals surface area (Å²) in [7, 11) is 0. The normalized spacial score (nSPS) is 11.4. The number of carbonyl (C=O) groups excluding carboxylic acids is 1. The van der Waals surface area contributed by atoms with E-state index in [1.54, 1.807) is 18.2 Å². The average molecular weight is 310 g/mol. The number of aryl methyl sites for hydroxylation is 1. The van der Waals surface area contributed by atoms with E-state index in [-0.39, 0.29) is 6.42 Å². The van der Waals surface area contributed by atoms with Gasteiger partial charge in [-0.25, -0.2) is 4.79 Å². The molecule has 1 atom stereocenters. The number of carboxylic acids is 1. The zero-order chi connectivity index (χ0) is 13.7. The molecule has 94 valence electrons. The monoisotopic (exact) mass is 309 g/mol. The highest BCUT2D eigenvalue weighted by atomic mass is 79.9. The number of terminal acetylenes is 1. The first kappa shape index (κ1) is 14.3. The van der Waals surface area contributed by atoms with Gasteiger partial charge < -0.3 is 10.4 Å². The standard InChI is InChI=1S/C13H12BrNO3/c1-3-4-11(13(17)18)15-12(16)9-5-6-10(14)8(2)7-9/h1,5-7,11H,4H2,2H3,(H,15,16)(H,17,18). The Bertz CT molecular complexity index is 519. The summed E-state index contributed by atoms with van der Waals surface area (Å²) in [6, 6.07) is 3.96. The quantitative estimate of drug-likeness (QED) is 0.836. The van der Waals surface area contributed by atoms with E-state index in [9.17, 15) is 9.59 Å². The van der Waals surface area contributed by atoms with Crippen LogP contribution in [0.1, 0.15) is 22.3 Å². The van der Waals surface area contributed by atoms with Gasteiger partial charge in [0.05, 0.1) is 0 Å². The van der Waals surface area contributed by atoms with Gasteiger partial charge >= 0.3 is 5.97 Å². The number of carboxylic acid groups (broad SMARTS) is 1. The Morgan fingerprint density at radius 3 is 2.72 bits per heavy atom. The second-order valence-corrected chi connectivity index (χ2v) is 4.59. The van der Waals surface area contributed by atoms with Gasteiger partial charge in [0, 0.05) is 16.5 Å². The summed E-state index contributed by atoms with van der Waals surface area (Å²) in [5, 5.41) is 11.3. The molecule has 0 aliphatic rings. The maximum atomic E-state index is 11.8. The zero-order valence-corrected chi connectivity index (χ0v) is 11.3. The molecule has 1 aromatic rings. The molecule has 0 heterocycles. The number of amides is 1. The number of aliphatic carboxylic acids is 1. The minimum Gasteiger partial charge on any atom is -0.480 e. The van der Waals surface area contributed by atoms with Crippen molar-refractivity contribution in [2.45, 2.75) is 19.4 Å². The molecule has 0 aliphatic heterocycles. The predicted octanol–water partition coefficient (Wildman–Crippen LogP) is 1.96. The first-order chi connectivity index (χ1) is 8.45. The van der Waals surface area contributed by atoms with Crippen LogP contribution in [0, 0.1) is 19.3 Å². The lowest BCUT2D eigenvalue weighted by Gasteiger charge is -2.12. The molecule has 0 aliphatic carbocycles. The van der Waals surface area contributed by atoms with Crippen LogP contribution in [0.5, 0.6) is 0 Å². The van der Waals surface area contributed by atoms with Gasteiger partial charge in [0.1, 0.15) is 6.04 Å². The first-order valence-corrected chi connectivity index (χ1v) is 5.98. The number of nitrogens with one attached hydrogen (secondary N) is 1. The SMILES string of the molecule is C#CCC(NC(=O)c1ccc(Br)c(C)c1)C(=O)O. The van der Waals surface area contributed by atoms with E-state index in [1.807, 2.05) is 6.92 Å². The smallest absolute Gasteiger partial charge is 0.327 e. The molecule has 1 amide bonds. The van der Waals surface area contributed by atoms with E-state index < -0.39 is 17.9 Å². The van der Waals surface area contributed by atoms with Gasteiger partial charge in [-0.2, -0.15) is 0 Å². The topological polar surface area (TPSA) is 66.4 Å². The average Bonchev–Trinajstić information content (AvgIpc) is 2.31. The van der Waals surface area contributed by atoms with E-state index in [4.69, 9.17) is 11.5 Å². The van der Waals surface area contributed by atoms with E-state index >= 15 is 0 Å².